The Bertz CT molecular complexity index is 1040. The molecule has 2 N–H and O–H groups in total. The predicted molar refractivity (Wildman–Crippen MR) is 130 cm³/mol. The van der Waals surface area contributed by atoms with Gasteiger partial charge < -0.3 is 19.5 Å². The second-order valence-electron chi connectivity index (χ2n) is 7.11. The summed E-state index contributed by atoms with van der Waals surface area (Å²) in [5, 5.41) is 5.88. The fraction of sp³-hybridized carbons (Fsp3) is 0.200. The molecule has 3 aromatic carbocycles. The molecule has 0 saturated carbocycles. The van der Waals surface area contributed by atoms with Gasteiger partial charge in [-0.05, 0) is 62.5 Å². The fourth-order valence-electron chi connectivity index (χ4n) is 2.86. The Morgan fingerprint density at radius 2 is 1.56 bits per heavy atom. The van der Waals surface area contributed by atoms with Crippen LogP contribution in [0.5, 0.6) is 17.2 Å². The molecular formula is C25H26N2O4S. The number of carbonyl (C=O) groups excluding carboxylic acids is 1. The molecule has 7 heteroatoms. The largest absolute Gasteiger partial charge is 0.491 e. The standard InChI is InChI=1S/C25H26N2O4S/c1-18(2)31-21-12-8-9-19(17-21)26-25(32)27-24(28)22-13-6-7-14-23(22)30-16-15-29-20-10-4-3-5-11-20/h3-14,17-18H,15-16H2,1-2H3,(H2,26,27,28,32). The Kier molecular flexibility index (Phi) is 8.45. The topological polar surface area (TPSA) is 68.8 Å². The van der Waals surface area contributed by atoms with Crippen LogP contribution in [0.4, 0.5) is 5.69 Å². The number of nitrogens with one attached hydrogen (secondary N) is 2. The van der Waals surface area contributed by atoms with Gasteiger partial charge in [0.15, 0.2) is 5.11 Å². The van der Waals surface area contributed by atoms with Crippen molar-refractivity contribution in [3.05, 3.63) is 84.4 Å². The average molecular weight is 451 g/mol. The van der Waals surface area contributed by atoms with Gasteiger partial charge in [0.05, 0.1) is 11.7 Å². The first-order valence-corrected chi connectivity index (χ1v) is 10.7. The van der Waals surface area contributed by atoms with Gasteiger partial charge in [0.1, 0.15) is 30.5 Å². The zero-order valence-electron chi connectivity index (χ0n) is 18.0. The van der Waals surface area contributed by atoms with Crippen molar-refractivity contribution in [2.45, 2.75) is 20.0 Å². The van der Waals surface area contributed by atoms with Crippen molar-refractivity contribution >= 4 is 28.9 Å². The summed E-state index contributed by atoms with van der Waals surface area (Å²) >= 11 is 5.30. The summed E-state index contributed by atoms with van der Waals surface area (Å²) < 4.78 is 17.1. The van der Waals surface area contributed by atoms with E-state index in [1.807, 2.05) is 68.4 Å². The maximum absolute atomic E-state index is 12.8. The van der Waals surface area contributed by atoms with Crippen LogP contribution in [0.1, 0.15) is 24.2 Å². The van der Waals surface area contributed by atoms with Gasteiger partial charge in [-0.15, -0.1) is 0 Å². The minimum absolute atomic E-state index is 0.0616. The van der Waals surface area contributed by atoms with Gasteiger partial charge in [-0.2, -0.15) is 0 Å². The lowest BCUT2D eigenvalue weighted by Crippen LogP contribution is -2.34. The molecule has 32 heavy (non-hydrogen) atoms. The molecule has 0 atom stereocenters. The second kappa shape index (κ2) is 11.7. The summed E-state index contributed by atoms with van der Waals surface area (Å²) in [7, 11) is 0. The van der Waals surface area contributed by atoms with Gasteiger partial charge in [0.2, 0.25) is 0 Å². The fourth-order valence-corrected chi connectivity index (χ4v) is 3.07. The first kappa shape index (κ1) is 23.1. The Morgan fingerprint density at radius 3 is 2.34 bits per heavy atom. The molecule has 0 aromatic heterocycles. The average Bonchev–Trinajstić information content (AvgIpc) is 2.77. The van der Waals surface area contributed by atoms with E-state index in [0.29, 0.717) is 24.5 Å². The molecule has 0 heterocycles. The van der Waals surface area contributed by atoms with Crippen molar-refractivity contribution in [2.24, 2.45) is 0 Å². The third-order valence-electron chi connectivity index (χ3n) is 4.18. The van der Waals surface area contributed by atoms with Crippen LogP contribution in [-0.4, -0.2) is 30.3 Å². The minimum atomic E-state index is -0.364. The van der Waals surface area contributed by atoms with Crippen LogP contribution in [0.3, 0.4) is 0 Å². The van der Waals surface area contributed by atoms with Crippen LogP contribution < -0.4 is 24.8 Å². The van der Waals surface area contributed by atoms with Crippen LogP contribution in [0.15, 0.2) is 78.9 Å². The van der Waals surface area contributed by atoms with Crippen LogP contribution in [0.25, 0.3) is 0 Å². The van der Waals surface area contributed by atoms with Gasteiger partial charge in [-0.3, -0.25) is 10.1 Å². The molecule has 1 amide bonds. The normalized spacial score (nSPS) is 10.3. The Hall–Kier alpha value is -3.58. The van der Waals surface area contributed by atoms with E-state index in [9.17, 15) is 4.79 Å². The molecule has 0 bridgehead atoms. The number of amides is 1. The van der Waals surface area contributed by atoms with Crippen molar-refractivity contribution in [1.82, 2.24) is 5.32 Å². The number of carbonyl (C=O) groups is 1. The lowest BCUT2D eigenvalue weighted by molar-refractivity contribution is 0.0972. The smallest absolute Gasteiger partial charge is 0.261 e. The van der Waals surface area contributed by atoms with Gasteiger partial charge >= 0.3 is 0 Å². The zero-order valence-corrected chi connectivity index (χ0v) is 18.9. The highest BCUT2D eigenvalue weighted by Gasteiger charge is 2.14. The number of hydrogen-bond donors (Lipinski definition) is 2. The quantitative estimate of drug-likeness (QED) is 0.351. The third-order valence-corrected chi connectivity index (χ3v) is 4.38. The summed E-state index contributed by atoms with van der Waals surface area (Å²) in [6.07, 6.45) is 0.0616. The zero-order chi connectivity index (χ0) is 22.8. The number of thiocarbonyl (C=S) groups is 1. The van der Waals surface area contributed by atoms with E-state index in [2.05, 4.69) is 10.6 Å². The lowest BCUT2D eigenvalue weighted by Gasteiger charge is -2.14. The molecule has 0 radical (unpaired) electrons. The number of anilines is 1. The molecule has 166 valence electrons. The van der Waals surface area contributed by atoms with E-state index >= 15 is 0 Å². The van der Waals surface area contributed by atoms with E-state index in [1.54, 1.807) is 24.3 Å². The van der Waals surface area contributed by atoms with E-state index in [0.717, 1.165) is 17.2 Å². The van der Waals surface area contributed by atoms with E-state index in [-0.39, 0.29) is 17.1 Å². The predicted octanol–water partition coefficient (Wildman–Crippen LogP) is 5.06. The molecule has 0 aliphatic rings. The Labute approximate surface area is 193 Å². The van der Waals surface area contributed by atoms with Crippen molar-refractivity contribution in [3.8, 4) is 17.2 Å². The molecule has 0 aliphatic carbocycles. The van der Waals surface area contributed by atoms with Crippen LogP contribution in [-0.2, 0) is 0 Å². The molecule has 3 aromatic rings. The van der Waals surface area contributed by atoms with E-state index in [1.165, 1.54) is 0 Å². The first-order chi connectivity index (χ1) is 15.5. The highest BCUT2D eigenvalue weighted by atomic mass is 32.1. The maximum atomic E-state index is 12.8. The lowest BCUT2D eigenvalue weighted by atomic mass is 10.2. The summed E-state index contributed by atoms with van der Waals surface area (Å²) in [4.78, 5) is 12.8. The van der Waals surface area contributed by atoms with E-state index in [4.69, 9.17) is 26.4 Å². The summed E-state index contributed by atoms with van der Waals surface area (Å²) in [6, 6.07) is 23.9. The number of para-hydroxylation sites is 2. The molecule has 0 saturated heterocycles. The molecule has 3 rings (SSSR count). The highest BCUT2D eigenvalue weighted by molar-refractivity contribution is 7.80. The maximum Gasteiger partial charge on any atom is 0.261 e. The van der Waals surface area contributed by atoms with Crippen molar-refractivity contribution < 1.29 is 19.0 Å². The van der Waals surface area contributed by atoms with Crippen LogP contribution in [0.2, 0.25) is 0 Å². The number of rotatable bonds is 9. The Balaban J connectivity index is 1.54. The van der Waals surface area contributed by atoms with Crippen molar-refractivity contribution in [2.75, 3.05) is 18.5 Å². The summed E-state index contributed by atoms with van der Waals surface area (Å²) in [5.41, 5.74) is 1.10. The van der Waals surface area contributed by atoms with Crippen molar-refractivity contribution in [1.29, 1.82) is 0 Å². The molecule has 6 nitrogen and oxygen atoms in total. The van der Waals surface area contributed by atoms with Crippen LogP contribution >= 0.6 is 12.2 Å². The molecule has 0 fully saturated rings. The molecular weight excluding hydrogens is 424 g/mol. The number of hydrogen-bond acceptors (Lipinski definition) is 5. The van der Waals surface area contributed by atoms with Gasteiger partial charge in [0.25, 0.3) is 5.91 Å². The molecule has 0 aliphatic heterocycles. The number of ether oxygens (including phenoxy) is 3. The number of benzene rings is 3. The highest BCUT2D eigenvalue weighted by Crippen LogP contribution is 2.20. The van der Waals surface area contributed by atoms with Gasteiger partial charge in [0, 0.05) is 11.8 Å². The SMILES string of the molecule is CC(C)Oc1cccc(NC(=S)NC(=O)c2ccccc2OCCOc2ccccc2)c1. The molecule has 0 spiro atoms. The summed E-state index contributed by atoms with van der Waals surface area (Å²) in [5.74, 6) is 1.57. The van der Waals surface area contributed by atoms with Crippen LogP contribution in [0, 0.1) is 0 Å². The Morgan fingerprint density at radius 1 is 0.875 bits per heavy atom. The van der Waals surface area contributed by atoms with Crippen molar-refractivity contribution in [3.63, 3.8) is 0 Å². The monoisotopic (exact) mass is 450 g/mol. The second-order valence-corrected chi connectivity index (χ2v) is 7.52. The van der Waals surface area contributed by atoms with Gasteiger partial charge in [-0.25, -0.2) is 0 Å². The van der Waals surface area contributed by atoms with Gasteiger partial charge in [-0.1, -0.05) is 36.4 Å². The molecule has 0 unspecified atom stereocenters. The van der Waals surface area contributed by atoms with E-state index < -0.39 is 0 Å². The first-order valence-electron chi connectivity index (χ1n) is 10.3. The minimum Gasteiger partial charge on any atom is -0.491 e. The summed E-state index contributed by atoms with van der Waals surface area (Å²) in [6.45, 7) is 4.57. The third kappa shape index (κ3) is 7.28.